The molecule has 6 nitrogen and oxygen atoms in total. The van der Waals surface area contributed by atoms with Crippen LogP contribution in [0.15, 0.2) is 84.0 Å². The van der Waals surface area contributed by atoms with Gasteiger partial charge in [-0.2, -0.15) is 0 Å². The standard InChI is InChI=1S/C28H28N2O4/c31-23-13-9-20(10-14-23)26-25(28(34-29-26)22-7-3-1-4-8-22)27(32)21-11-15-24(16-12-21)33-19-30-17-5-2-6-18-30/h1,3-4,7-16,25,28,31H,2,5-6,17-19H2/t25-,28+/m1/s1. The van der Waals surface area contributed by atoms with Crippen molar-refractivity contribution in [2.75, 3.05) is 19.8 Å². The molecule has 6 heteroatoms. The first-order valence-corrected chi connectivity index (χ1v) is 11.8. The third kappa shape index (κ3) is 4.82. The number of piperidine rings is 1. The molecule has 0 aliphatic carbocycles. The molecular formula is C28H28N2O4. The summed E-state index contributed by atoms with van der Waals surface area (Å²) in [6.07, 6.45) is 3.20. The van der Waals surface area contributed by atoms with Crippen LogP contribution in [0.25, 0.3) is 0 Å². The van der Waals surface area contributed by atoms with Crippen molar-refractivity contribution in [3.8, 4) is 11.5 Å². The normalized spacial score (nSPS) is 20.4. The zero-order chi connectivity index (χ0) is 23.3. The Morgan fingerprint density at radius 1 is 0.941 bits per heavy atom. The first-order chi connectivity index (χ1) is 16.7. The number of rotatable bonds is 7. The van der Waals surface area contributed by atoms with Crippen molar-refractivity contribution in [2.24, 2.45) is 11.1 Å². The average molecular weight is 457 g/mol. The number of Topliss-reactive ketones (excluding diaryl/α,β-unsaturated/α-hetero) is 1. The Kier molecular flexibility index (Phi) is 6.58. The number of nitrogens with zero attached hydrogens (tertiary/aromatic N) is 2. The number of aromatic hydroxyl groups is 1. The average Bonchev–Trinajstić information content (AvgIpc) is 3.34. The number of likely N-dealkylation sites (tertiary alicyclic amines) is 1. The zero-order valence-corrected chi connectivity index (χ0v) is 19.0. The van der Waals surface area contributed by atoms with E-state index >= 15 is 0 Å². The van der Waals surface area contributed by atoms with Gasteiger partial charge in [0.25, 0.3) is 0 Å². The maximum absolute atomic E-state index is 13.7. The number of carbonyl (C=O) groups excluding carboxylic acids is 1. The van der Waals surface area contributed by atoms with Crippen LogP contribution in [0.4, 0.5) is 0 Å². The molecule has 1 N–H and O–H groups in total. The van der Waals surface area contributed by atoms with Crippen molar-refractivity contribution in [1.82, 2.24) is 4.90 Å². The highest BCUT2D eigenvalue weighted by molar-refractivity contribution is 6.19. The monoisotopic (exact) mass is 456 g/mol. The number of hydrogen-bond donors (Lipinski definition) is 1. The van der Waals surface area contributed by atoms with E-state index in [1.54, 1.807) is 24.3 Å². The maximum atomic E-state index is 13.7. The van der Waals surface area contributed by atoms with Gasteiger partial charge in [0.1, 0.15) is 29.9 Å². The van der Waals surface area contributed by atoms with Crippen LogP contribution in [-0.4, -0.2) is 41.3 Å². The van der Waals surface area contributed by atoms with Gasteiger partial charge in [0, 0.05) is 24.2 Å². The van der Waals surface area contributed by atoms with Gasteiger partial charge in [-0.25, -0.2) is 0 Å². The van der Waals surface area contributed by atoms with Gasteiger partial charge in [-0.15, -0.1) is 0 Å². The lowest BCUT2D eigenvalue weighted by Gasteiger charge is -2.26. The van der Waals surface area contributed by atoms with Crippen LogP contribution in [0.2, 0.25) is 0 Å². The summed E-state index contributed by atoms with van der Waals surface area (Å²) in [5.74, 6) is 0.232. The number of phenolic OH excluding ortho intramolecular Hbond substituents is 1. The smallest absolute Gasteiger partial charge is 0.176 e. The quantitative estimate of drug-likeness (QED) is 0.496. The lowest BCUT2D eigenvalue weighted by atomic mass is 9.83. The summed E-state index contributed by atoms with van der Waals surface area (Å²) in [5.41, 5.74) is 2.77. The number of ketones is 1. The molecular weight excluding hydrogens is 428 g/mol. The topological polar surface area (TPSA) is 71.4 Å². The summed E-state index contributed by atoms with van der Waals surface area (Å²) in [4.78, 5) is 21.8. The first kappa shape index (κ1) is 22.2. The minimum absolute atomic E-state index is 0.0687. The molecule has 5 rings (SSSR count). The maximum Gasteiger partial charge on any atom is 0.176 e. The predicted molar refractivity (Wildman–Crippen MR) is 130 cm³/mol. The van der Waals surface area contributed by atoms with E-state index in [1.165, 1.54) is 19.3 Å². The molecule has 0 spiro atoms. The fraction of sp³-hybridized carbons (Fsp3) is 0.286. The van der Waals surface area contributed by atoms with Gasteiger partial charge < -0.3 is 14.7 Å². The summed E-state index contributed by atoms with van der Waals surface area (Å²) in [6, 6.07) is 23.7. The van der Waals surface area contributed by atoms with E-state index in [9.17, 15) is 9.90 Å². The van der Waals surface area contributed by atoms with E-state index in [0.29, 0.717) is 18.0 Å². The molecule has 34 heavy (non-hydrogen) atoms. The molecule has 0 aromatic heterocycles. The van der Waals surface area contributed by atoms with E-state index in [-0.39, 0.29) is 11.5 Å². The van der Waals surface area contributed by atoms with Gasteiger partial charge in [-0.1, -0.05) is 41.9 Å². The van der Waals surface area contributed by atoms with Crippen molar-refractivity contribution >= 4 is 11.5 Å². The summed E-state index contributed by atoms with van der Waals surface area (Å²) in [6.45, 7) is 2.70. The summed E-state index contributed by atoms with van der Waals surface area (Å²) in [5, 5.41) is 14.0. The van der Waals surface area contributed by atoms with Gasteiger partial charge in [-0.3, -0.25) is 9.69 Å². The number of hydrogen-bond acceptors (Lipinski definition) is 6. The van der Waals surface area contributed by atoms with Gasteiger partial charge in [-0.05, 0) is 66.9 Å². The molecule has 174 valence electrons. The highest BCUT2D eigenvalue weighted by Crippen LogP contribution is 2.37. The van der Waals surface area contributed by atoms with Crippen molar-refractivity contribution in [1.29, 1.82) is 0 Å². The first-order valence-electron chi connectivity index (χ1n) is 11.8. The lowest BCUT2D eigenvalue weighted by molar-refractivity contribution is 0.0533. The molecule has 3 aromatic carbocycles. The molecule has 3 aromatic rings. The molecule has 0 unspecified atom stereocenters. The van der Waals surface area contributed by atoms with Crippen LogP contribution in [0.5, 0.6) is 11.5 Å². The molecule has 1 fully saturated rings. The molecule has 2 heterocycles. The largest absolute Gasteiger partial charge is 0.508 e. The number of benzene rings is 3. The fourth-order valence-electron chi connectivity index (χ4n) is 4.55. The number of oxime groups is 1. The van der Waals surface area contributed by atoms with Crippen molar-refractivity contribution in [2.45, 2.75) is 25.4 Å². The minimum Gasteiger partial charge on any atom is -0.508 e. The highest BCUT2D eigenvalue weighted by Gasteiger charge is 2.41. The molecule has 2 atom stereocenters. The number of ether oxygens (including phenoxy) is 1. The van der Waals surface area contributed by atoms with E-state index in [1.807, 2.05) is 54.6 Å². The number of carbonyl (C=O) groups is 1. The van der Waals surface area contributed by atoms with Crippen molar-refractivity contribution < 1.29 is 19.5 Å². The summed E-state index contributed by atoms with van der Waals surface area (Å²) < 4.78 is 5.94. The summed E-state index contributed by atoms with van der Waals surface area (Å²) in [7, 11) is 0. The van der Waals surface area contributed by atoms with Crippen LogP contribution in [0.1, 0.15) is 46.9 Å². The summed E-state index contributed by atoms with van der Waals surface area (Å²) >= 11 is 0. The molecule has 2 aliphatic rings. The van der Waals surface area contributed by atoms with Crippen LogP contribution < -0.4 is 4.74 Å². The van der Waals surface area contributed by atoms with E-state index in [0.717, 1.165) is 30.0 Å². The lowest BCUT2D eigenvalue weighted by Crippen LogP contribution is -2.33. The predicted octanol–water partition coefficient (Wildman–Crippen LogP) is 5.19. The van der Waals surface area contributed by atoms with E-state index in [4.69, 9.17) is 9.57 Å². The zero-order valence-electron chi connectivity index (χ0n) is 19.0. The molecule has 0 bridgehead atoms. The molecule has 0 radical (unpaired) electrons. The Balaban J connectivity index is 1.37. The van der Waals surface area contributed by atoms with Crippen molar-refractivity contribution in [3.05, 3.63) is 95.6 Å². The molecule has 0 saturated carbocycles. The van der Waals surface area contributed by atoms with E-state index < -0.39 is 12.0 Å². The molecule has 2 aliphatic heterocycles. The van der Waals surface area contributed by atoms with Crippen LogP contribution >= 0.6 is 0 Å². The second kappa shape index (κ2) is 10.1. The Labute approximate surface area is 199 Å². The highest BCUT2D eigenvalue weighted by atomic mass is 16.6. The molecule has 0 amide bonds. The minimum atomic E-state index is -0.605. The Morgan fingerprint density at radius 2 is 1.65 bits per heavy atom. The Morgan fingerprint density at radius 3 is 2.35 bits per heavy atom. The van der Waals surface area contributed by atoms with Crippen LogP contribution in [0, 0.1) is 5.92 Å². The van der Waals surface area contributed by atoms with Gasteiger partial charge in [0.05, 0.1) is 0 Å². The Bertz CT molecular complexity index is 1140. The second-order valence-corrected chi connectivity index (χ2v) is 8.78. The molecule has 1 saturated heterocycles. The van der Waals surface area contributed by atoms with E-state index in [2.05, 4.69) is 10.1 Å². The second-order valence-electron chi connectivity index (χ2n) is 8.78. The van der Waals surface area contributed by atoms with Crippen LogP contribution in [-0.2, 0) is 4.84 Å². The number of phenols is 1. The third-order valence-electron chi connectivity index (χ3n) is 6.44. The van der Waals surface area contributed by atoms with Gasteiger partial charge in [0.2, 0.25) is 0 Å². The third-order valence-corrected chi connectivity index (χ3v) is 6.44. The van der Waals surface area contributed by atoms with Crippen molar-refractivity contribution in [3.63, 3.8) is 0 Å². The fourth-order valence-corrected chi connectivity index (χ4v) is 4.55. The SMILES string of the molecule is O=C(c1ccc(OCN2CCCCC2)cc1)[C@H]1C(c2ccc(O)cc2)=NO[C@H]1c1ccccc1. The van der Waals surface area contributed by atoms with Gasteiger partial charge in [0.15, 0.2) is 11.9 Å². The van der Waals surface area contributed by atoms with Gasteiger partial charge >= 0.3 is 0 Å². The Hall–Kier alpha value is -3.64. The van der Waals surface area contributed by atoms with Crippen LogP contribution in [0.3, 0.4) is 0 Å².